The second kappa shape index (κ2) is 7.21. The number of hydrogen-bond donors (Lipinski definition) is 0. The van der Waals surface area contributed by atoms with Crippen molar-refractivity contribution in [2.45, 2.75) is 70.6 Å². The van der Waals surface area contributed by atoms with Gasteiger partial charge in [0.15, 0.2) is 0 Å². The van der Waals surface area contributed by atoms with Crippen LogP contribution in [0.4, 0.5) is 0 Å². The van der Waals surface area contributed by atoms with E-state index in [1.807, 2.05) is 18.2 Å². The van der Waals surface area contributed by atoms with Crippen molar-refractivity contribution in [1.82, 2.24) is 0 Å². The molecule has 0 aliphatic carbocycles. The van der Waals surface area contributed by atoms with E-state index in [2.05, 4.69) is 53.7 Å². The number of Topliss-reactive ketones (excluding diaryl/α,β-unsaturated/α-hetero) is 1. The third-order valence-electron chi connectivity index (χ3n) is 4.97. The quantitative estimate of drug-likeness (QED) is 0.608. The van der Waals surface area contributed by atoms with Gasteiger partial charge in [0.1, 0.15) is 5.78 Å². The molecule has 0 radical (unpaired) electrons. The Bertz CT molecular complexity index is 399. The van der Waals surface area contributed by atoms with Crippen molar-refractivity contribution in [2.75, 3.05) is 0 Å². The molecule has 0 spiro atoms. The van der Waals surface area contributed by atoms with Crippen molar-refractivity contribution >= 4 is 13.9 Å². The van der Waals surface area contributed by atoms with Crippen LogP contribution in [0.2, 0.25) is 22.7 Å². The molecule has 1 rings (SSSR count). The predicted octanol–water partition coefficient (Wildman–Crippen LogP) is 5.48. The summed E-state index contributed by atoms with van der Waals surface area (Å²) in [6.07, 6.45) is 0.599. The second-order valence-corrected chi connectivity index (χ2v) is 13.0. The van der Waals surface area contributed by atoms with E-state index in [4.69, 9.17) is 0 Å². The number of benzene rings is 1. The van der Waals surface area contributed by atoms with Gasteiger partial charge in [0, 0.05) is 12.5 Å². The van der Waals surface area contributed by atoms with Gasteiger partial charge in [0.05, 0.1) is 8.07 Å². The smallest absolute Gasteiger partial charge is 0.134 e. The number of carbonyl (C=O) groups excluding carboxylic acids is 1. The Morgan fingerprint density at radius 1 is 0.900 bits per heavy atom. The molecule has 0 amide bonds. The summed E-state index contributed by atoms with van der Waals surface area (Å²) >= 11 is 0. The molecular weight excluding hydrogens is 260 g/mol. The van der Waals surface area contributed by atoms with Crippen LogP contribution in [-0.2, 0) is 11.2 Å². The maximum Gasteiger partial charge on any atom is 0.134 e. The van der Waals surface area contributed by atoms with Gasteiger partial charge in [-0.3, -0.25) is 4.79 Å². The van der Waals surface area contributed by atoms with E-state index in [1.54, 1.807) is 0 Å². The van der Waals surface area contributed by atoms with Gasteiger partial charge in [0.25, 0.3) is 0 Å². The number of carbonyl (C=O) groups is 1. The lowest BCUT2D eigenvalue weighted by Gasteiger charge is -2.43. The standard InChI is InChI=1S/C18H30OSi/c1-14(2)20(15(3)4,16(5)6)13-18(19)12-17-10-8-7-9-11-17/h7-11,14-16H,12-13H2,1-6H3. The van der Waals surface area contributed by atoms with Crippen LogP contribution in [0.25, 0.3) is 0 Å². The number of rotatable bonds is 7. The van der Waals surface area contributed by atoms with Gasteiger partial charge < -0.3 is 0 Å². The molecule has 1 aromatic carbocycles. The van der Waals surface area contributed by atoms with E-state index in [0.717, 1.165) is 11.6 Å². The molecule has 0 aliphatic heterocycles. The molecule has 112 valence electrons. The summed E-state index contributed by atoms with van der Waals surface area (Å²) in [6.45, 7) is 13.9. The molecule has 0 unspecified atom stereocenters. The van der Waals surface area contributed by atoms with E-state index < -0.39 is 8.07 Å². The van der Waals surface area contributed by atoms with Gasteiger partial charge in [-0.1, -0.05) is 88.5 Å². The Morgan fingerprint density at radius 3 is 1.75 bits per heavy atom. The average Bonchev–Trinajstić information content (AvgIpc) is 2.35. The van der Waals surface area contributed by atoms with Crippen LogP contribution in [0.15, 0.2) is 30.3 Å². The fourth-order valence-corrected chi connectivity index (χ4v) is 9.87. The Kier molecular flexibility index (Phi) is 6.19. The van der Waals surface area contributed by atoms with Crippen LogP contribution >= 0.6 is 0 Å². The molecule has 0 aliphatic rings. The van der Waals surface area contributed by atoms with Gasteiger partial charge >= 0.3 is 0 Å². The molecular formula is C18H30OSi. The maximum atomic E-state index is 12.6. The summed E-state index contributed by atoms with van der Waals surface area (Å²) in [5, 5.41) is 0. The monoisotopic (exact) mass is 290 g/mol. The van der Waals surface area contributed by atoms with Gasteiger partial charge in [-0.25, -0.2) is 0 Å². The highest BCUT2D eigenvalue weighted by Gasteiger charge is 2.43. The lowest BCUT2D eigenvalue weighted by atomic mass is 10.1. The van der Waals surface area contributed by atoms with E-state index in [1.165, 1.54) is 0 Å². The molecule has 0 bridgehead atoms. The van der Waals surface area contributed by atoms with Crippen molar-refractivity contribution in [3.8, 4) is 0 Å². The van der Waals surface area contributed by atoms with Crippen LogP contribution in [0.5, 0.6) is 0 Å². The summed E-state index contributed by atoms with van der Waals surface area (Å²) < 4.78 is 0. The molecule has 1 nitrogen and oxygen atoms in total. The zero-order chi connectivity index (χ0) is 15.3. The summed E-state index contributed by atoms with van der Waals surface area (Å²) in [5.74, 6) is 0.430. The molecule has 0 heterocycles. The van der Waals surface area contributed by atoms with Crippen LogP contribution in [-0.4, -0.2) is 13.9 Å². The van der Waals surface area contributed by atoms with E-state index in [-0.39, 0.29) is 0 Å². The highest BCUT2D eigenvalue weighted by atomic mass is 28.3. The zero-order valence-corrected chi connectivity index (χ0v) is 14.9. The van der Waals surface area contributed by atoms with Gasteiger partial charge in [-0.05, 0) is 5.56 Å². The molecule has 20 heavy (non-hydrogen) atoms. The van der Waals surface area contributed by atoms with Crippen molar-refractivity contribution in [3.05, 3.63) is 35.9 Å². The highest BCUT2D eigenvalue weighted by molar-refractivity contribution is 6.85. The van der Waals surface area contributed by atoms with E-state index in [9.17, 15) is 4.79 Å². The van der Waals surface area contributed by atoms with Gasteiger partial charge in [-0.2, -0.15) is 0 Å². The Labute approximate surface area is 125 Å². The van der Waals surface area contributed by atoms with Crippen molar-refractivity contribution < 1.29 is 4.79 Å². The second-order valence-electron chi connectivity index (χ2n) is 6.95. The molecule has 0 saturated heterocycles. The highest BCUT2D eigenvalue weighted by Crippen LogP contribution is 2.44. The Hall–Kier alpha value is -0.893. The Balaban J connectivity index is 2.88. The third-order valence-corrected chi connectivity index (χ3v) is 12.4. The molecule has 0 saturated carbocycles. The first-order chi connectivity index (χ1) is 9.30. The molecule has 0 atom stereocenters. The minimum Gasteiger partial charge on any atom is -0.300 e. The molecule has 1 aromatic rings. The first kappa shape index (κ1) is 17.2. The van der Waals surface area contributed by atoms with Crippen LogP contribution in [0.3, 0.4) is 0 Å². The minimum atomic E-state index is -1.59. The fourth-order valence-electron chi connectivity index (χ4n) is 3.84. The van der Waals surface area contributed by atoms with Gasteiger partial charge in [0.2, 0.25) is 0 Å². The van der Waals surface area contributed by atoms with Crippen molar-refractivity contribution in [3.63, 3.8) is 0 Å². The topological polar surface area (TPSA) is 17.1 Å². The Morgan fingerprint density at radius 2 is 1.35 bits per heavy atom. The lowest BCUT2D eigenvalue weighted by Crippen LogP contribution is -2.46. The predicted molar refractivity (Wildman–Crippen MR) is 91.0 cm³/mol. The van der Waals surface area contributed by atoms with E-state index in [0.29, 0.717) is 28.8 Å². The molecule has 0 N–H and O–H groups in total. The average molecular weight is 291 g/mol. The zero-order valence-electron chi connectivity index (χ0n) is 13.9. The minimum absolute atomic E-state index is 0.430. The number of ketones is 1. The fraction of sp³-hybridized carbons (Fsp3) is 0.611. The van der Waals surface area contributed by atoms with Crippen molar-refractivity contribution in [2.24, 2.45) is 0 Å². The first-order valence-electron chi connectivity index (χ1n) is 7.86. The molecule has 0 fully saturated rings. The van der Waals surface area contributed by atoms with Crippen LogP contribution < -0.4 is 0 Å². The third kappa shape index (κ3) is 3.82. The van der Waals surface area contributed by atoms with Gasteiger partial charge in [-0.15, -0.1) is 0 Å². The van der Waals surface area contributed by atoms with Crippen molar-refractivity contribution in [1.29, 1.82) is 0 Å². The summed E-state index contributed by atoms with van der Waals surface area (Å²) in [5.41, 5.74) is 3.11. The lowest BCUT2D eigenvalue weighted by molar-refractivity contribution is -0.116. The first-order valence-corrected chi connectivity index (χ1v) is 10.3. The summed E-state index contributed by atoms with van der Waals surface area (Å²) in [6, 6.07) is 11.0. The van der Waals surface area contributed by atoms with Crippen LogP contribution in [0.1, 0.15) is 47.1 Å². The molecule has 0 aromatic heterocycles. The largest absolute Gasteiger partial charge is 0.300 e. The number of hydrogen-bond acceptors (Lipinski definition) is 1. The summed E-state index contributed by atoms with van der Waals surface area (Å²) in [4.78, 5) is 12.6. The maximum absolute atomic E-state index is 12.6. The molecule has 2 heteroatoms. The summed E-state index contributed by atoms with van der Waals surface area (Å²) in [7, 11) is -1.59. The normalized spacial score (nSPS) is 12.4. The van der Waals surface area contributed by atoms with E-state index >= 15 is 0 Å². The van der Waals surface area contributed by atoms with Crippen LogP contribution in [0, 0.1) is 0 Å². The SMILES string of the molecule is CC(C)[Si](CC(=O)Cc1ccccc1)(C(C)C)C(C)C.